The molecule has 3 rings (SSSR count). The number of benzene rings is 1. The highest BCUT2D eigenvalue weighted by molar-refractivity contribution is 9.10. The predicted molar refractivity (Wildman–Crippen MR) is 78.0 cm³/mol. The van der Waals surface area contributed by atoms with Gasteiger partial charge in [-0.25, -0.2) is 9.97 Å². The van der Waals surface area contributed by atoms with Crippen LogP contribution >= 0.6 is 15.9 Å². The molecule has 2 aromatic rings. The molecule has 0 aliphatic carbocycles. The van der Waals surface area contributed by atoms with Crippen molar-refractivity contribution in [3.63, 3.8) is 0 Å². The summed E-state index contributed by atoms with van der Waals surface area (Å²) < 4.78 is 35.8. The van der Waals surface area contributed by atoms with Gasteiger partial charge in [0.25, 0.3) is 0 Å². The quantitative estimate of drug-likeness (QED) is 0.749. The van der Waals surface area contributed by atoms with Gasteiger partial charge in [0.05, 0.1) is 5.52 Å². The van der Waals surface area contributed by atoms with E-state index in [0.29, 0.717) is 10.9 Å². The first-order valence-electron chi connectivity index (χ1n) is 6.00. The van der Waals surface area contributed by atoms with Crippen molar-refractivity contribution in [2.24, 2.45) is 0 Å². The van der Waals surface area contributed by atoms with Crippen LogP contribution in [0.4, 0.5) is 9.70 Å². The van der Waals surface area contributed by atoms with Crippen molar-refractivity contribution in [3.8, 4) is 0 Å². The number of fused-ring (bicyclic) bond motifs is 1. The first kappa shape index (κ1) is 14.3. The normalized spacial score (nSPS) is 19.4. The Morgan fingerprint density at radius 2 is 2.10 bits per heavy atom. The standard InChI is InChI=1S/C12H9BrFN3O3S/c13-7-1-2-10-9(3-7)12(16-6-15-10)17-5-8(4-11(17)18)21(14,19)20/h1-3,6,8H,4-5H2. The van der Waals surface area contributed by atoms with Crippen molar-refractivity contribution >= 4 is 48.8 Å². The van der Waals surface area contributed by atoms with Crippen LogP contribution < -0.4 is 4.90 Å². The summed E-state index contributed by atoms with van der Waals surface area (Å²) in [6.07, 6.45) is 0.911. The number of hydrogen-bond acceptors (Lipinski definition) is 5. The molecular formula is C12H9BrFN3O3S. The Balaban J connectivity index is 2.09. The van der Waals surface area contributed by atoms with E-state index in [2.05, 4.69) is 25.9 Å². The summed E-state index contributed by atoms with van der Waals surface area (Å²) in [6.45, 7) is -0.240. The van der Waals surface area contributed by atoms with Gasteiger partial charge in [0.1, 0.15) is 17.4 Å². The summed E-state index contributed by atoms with van der Waals surface area (Å²) in [6, 6.07) is 5.27. The molecule has 110 valence electrons. The molecule has 21 heavy (non-hydrogen) atoms. The highest BCUT2D eigenvalue weighted by Gasteiger charge is 2.40. The maximum absolute atomic E-state index is 13.1. The molecule has 6 nitrogen and oxygen atoms in total. The van der Waals surface area contributed by atoms with E-state index in [1.54, 1.807) is 18.2 Å². The minimum Gasteiger partial charge on any atom is -0.295 e. The molecule has 1 aliphatic rings. The first-order chi connectivity index (χ1) is 9.86. The van der Waals surface area contributed by atoms with E-state index in [9.17, 15) is 17.1 Å². The van der Waals surface area contributed by atoms with Crippen molar-refractivity contribution in [2.45, 2.75) is 11.7 Å². The van der Waals surface area contributed by atoms with Crippen LogP contribution in [0.5, 0.6) is 0 Å². The lowest BCUT2D eigenvalue weighted by Gasteiger charge is -2.16. The van der Waals surface area contributed by atoms with Crippen molar-refractivity contribution in [2.75, 3.05) is 11.4 Å². The summed E-state index contributed by atoms with van der Waals surface area (Å²) in [5.74, 6) is -0.182. The molecule has 0 N–H and O–H groups in total. The van der Waals surface area contributed by atoms with Crippen LogP contribution in [-0.2, 0) is 15.0 Å². The average molecular weight is 374 g/mol. The highest BCUT2D eigenvalue weighted by Crippen LogP contribution is 2.30. The van der Waals surface area contributed by atoms with Gasteiger partial charge in [-0.1, -0.05) is 15.9 Å². The highest BCUT2D eigenvalue weighted by atomic mass is 79.9. The SMILES string of the molecule is O=C1CC(S(=O)(=O)F)CN1c1ncnc2ccc(Br)cc12. The fourth-order valence-corrected chi connectivity index (χ4v) is 3.33. The van der Waals surface area contributed by atoms with E-state index < -0.39 is 21.4 Å². The number of hydrogen-bond donors (Lipinski definition) is 0. The molecule has 1 unspecified atom stereocenters. The third-order valence-electron chi connectivity index (χ3n) is 3.32. The maximum atomic E-state index is 13.1. The Morgan fingerprint density at radius 1 is 1.33 bits per heavy atom. The molecule has 0 saturated carbocycles. The van der Waals surface area contributed by atoms with Crippen LogP contribution in [0, 0.1) is 0 Å². The Kier molecular flexibility index (Phi) is 3.40. The predicted octanol–water partition coefficient (Wildman–Crippen LogP) is 1.80. The van der Waals surface area contributed by atoms with Crippen LogP contribution in [0.25, 0.3) is 10.9 Å². The molecule has 2 heterocycles. The molecule has 1 aliphatic heterocycles. The first-order valence-corrected chi connectivity index (χ1v) is 8.24. The molecule has 1 aromatic carbocycles. The minimum atomic E-state index is -4.75. The summed E-state index contributed by atoms with van der Waals surface area (Å²) in [5.41, 5.74) is 0.613. The van der Waals surface area contributed by atoms with E-state index in [0.717, 1.165) is 4.47 Å². The Hall–Kier alpha value is -1.61. The third kappa shape index (κ3) is 2.62. The Morgan fingerprint density at radius 3 is 2.76 bits per heavy atom. The van der Waals surface area contributed by atoms with Crippen molar-refractivity contribution < 1.29 is 17.1 Å². The fourth-order valence-electron chi connectivity index (χ4n) is 2.30. The van der Waals surface area contributed by atoms with Gasteiger partial charge in [-0.2, -0.15) is 8.42 Å². The van der Waals surface area contributed by atoms with E-state index >= 15 is 0 Å². The molecular weight excluding hydrogens is 365 g/mol. The van der Waals surface area contributed by atoms with Gasteiger partial charge in [0.2, 0.25) is 5.91 Å². The van der Waals surface area contributed by atoms with Crippen LogP contribution in [0.1, 0.15) is 6.42 Å². The van der Waals surface area contributed by atoms with Gasteiger partial charge < -0.3 is 0 Å². The largest absolute Gasteiger partial charge is 0.307 e. The smallest absolute Gasteiger partial charge is 0.295 e. The van der Waals surface area contributed by atoms with E-state index in [4.69, 9.17) is 0 Å². The average Bonchev–Trinajstić information content (AvgIpc) is 2.80. The summed E-state index contributed by atoms with van der Waals surface area (Å²) in [5, 5.41) is -0.751. The molecule has 0 radical (unpaired) electrons. The van der Waals surface area contributed by atoms with Crippen molar-refractivity contribution in [3.05, 3.63) is 29.0 Å². The van der Waals surface area contributed by atoms with E-state index in [1.807, 2.05) is 0 Å². The third-order valence-corrected chi connectivity index (χ3v) is 4.93. The van der Waals surface area contributed by atoms with Gasteiger partial charge in [-0.15, -0.1) is 3.89 Å². The van der Waals surface area contributed by atoms with Crippen molar-refractivity contribution in [1.29, 1.82) is 0 Å². The zero-order valence-corrected chi connectivity index (χ0v) is 12.9. The number of aromatic nitrogens is 2. The molecule has 9 heteroatoms. The lowest BCUT2D eigenvalue weighted by molar-refractivity contribution is -0.117. The Bertz CT molecular complexity index is 843. The molecule has 0 bridgehead atoms. The minimum absolute atomic E-state index is 0.240. The Labute approximate surface area is 128 Å². The number of carbonyl (C=O) groups is 1. The second-order valence-electron chi connectivity index (χ2n) is 4.66. The second kappa shape index (κ2) is 4.99. The van der Waals surface area contributed by atoms with Crippen LogP contribution in [0.15, 0.2) is 29.0 Å². The monoisotopic (exact) mass is 373 g/mol. The number of anilines is 1. The van der Waals surface area contributed by atoms with Gasteiger partial charge in [0, 0.05) is 22.8 Å². The molecule has 1 amide bonds. The van der Waals surface area contributed by atoms with Crippen LogP contribution in [0.2, 0.25) is 0 Å². The molecule has 0 spiro atoms. The van der Waals surface area contributed by atoms with Crippen molar-refractivity contribution in [1.82, 2.24) is 9.97 Å². The number of amides is 1. The number of carbonyl (C=O) groups excluding carboxylic acids is 1. The molecule has 1 fully saturated rings. The van der Waals surface area contributed by atoms with Gasteiger partial charge in [-0.05, 0) is 18.2 Å². The van der Waals surface area contributed by atoms with Gasteiger partial charge in [0.15, 0.2) is 0 Å². The fraction of sp³-hybridized carbons (Fsp3) is 0.250. The molecule has 1 atom stereocenters. The van der Waals surface area contributed by atoms with Crippen LogP contribution in [0.3, 0.4) is 0 Å². The lowest BCUT2D eigenvalue weighted by atomic mass is 10.2. The number of rotatable bonds is 2. The van der Waals surface area contributed by atoms with Gasteiger partial charge >= 0.3 is 10.2 Å². The molecule has 1 saturated heterocycles. The number of halogens is 2. The zero-order chi connectivity index (χ0) is 15.2. The van der Waals surface area contributed by atoms with Gasteiger partial charge in [-0.3, -0.25) is 9.69 Å². The maximum Gasteiger partial charge on any atom is 0.307 e. The molecule has 1 aromatic heterocycles. The topological polar surface area (TPSA) is 80.2 Å². The summed E-state index contributed by atoms with van der Waals surface area (Å²) in [4.78, 5) is 21.3. The lowest BCUT2D eigenvalue weighted by Crippen LogP contribution is -2.28. The summed E-state index contributed by atoms with van der Waals surface area (Å²) >= 11 is 3.32. The zero-order valence-electron chi connectivity index (χ0n) is 10.5. The summed E-state index contributed by atoms with van der Waals surface area (Å²) in [7, 11) is -4.75. The number of nitrogens with zero attached hydrogens (tertiary/aromatic N) is 3. The van der Waals surface area contributed by atoms with E-state index in [1.165, 1.54) is 11.2 Å². The van der Waals surface area contributed by atoms with E-state index in [-0.39, 0.29) is 18.8 Å². The second-order valence-corrected chi connectivity index (χ2v) is 7.20. The van der Waals surface area contributed by atoms with Crippen LogP contribution in [-0.4, -0.2) is 36.1 Å².